The van der Waals surface area contributed by atoms with Gasteiger partial charge in [-0.1, -0.05) is 0 Å². The summed E-state index contributed by atoms with van der Waals surface area (Å²) < 4.78 is 0. The summed E-state index contributed by atoms with van der Waals surface area (Å²) in [5.41, 5.74) is 0. The SMILES string of the molecule is CCN(CC)C(=O)CN1CCC(C=O)CC1. The summed E-state index contributed by atoms with van der Waals surface area (Å²) in [4.78, 5) is 26.4. The van der Waals surface area contributed by atoms with Crippen LogP contribution in [0.2, 0.25) is 0 Å². The van der Waals surface area contributed by atoms with Crippen LogP contribution in [0.15, 0.2) is 0 Å². The van der Waals surface area contributed by atoms with Gasteiger partial charge in [0, 0.05) is 19.0 Å². The largest absolute Gasteiger partial charge is 0.342 e. The molecule has 1 heterocycles. The van der Waals surface area contributed by atoms with E-state index in [0.717, 1.165) is 45.3 Å². The van der Waals surface area contributed by atoms with Gasteiger partial charge in [0.05, 0.1) is 6.54 Å². The lowest BCUT2D eigenvalue weighted by Gasteiger charge is -2.30. The van der Waals surface area contributed by atoms with E-state index in [1.807, 2.05) is 18.7 Å². The predicted octanol–water partition coefficient (Wildman–Crippen LogP) is 0.766. The van der Waals surface area contributed by atoms with Gasteiger partial charge in [-0.3, -0.25) is 9.69 Å². The predicted molar refractivity (Wildman–Crippen MR) is 63.2 cm³/mol. The van der Waals surface area contributed by atoms with Gasteiger partial charge in [0.2, 0.25) is 5.91 Å². The van der Waals surface area contributed by atoms with E-state index < -0.39 is 0 Å². The van der Waals surface area contributed by atoms with Crippen LogP contribution in [0.1, 0.15) is 26.7 Å². The number of hydrogen-bond donors (Lipinski definition) is 0. The molecule has 0 aromatic heterocycles. The Labute approximate surface area is 97.6 Å². The van der Waals surface area contributed by atoms with Crippen molar-refractivity contribution in [3.63, 3.8) is 0 Å². The third-order valence-electron chi connectivity index (χ3n) is 3.30. The molecule has 0 aromatic carbocycles. The molecule has 1 saturated heterocycles. The Balaban J connectivity index is 2.33. The quantitative estimate of drug-likeness (QED) is 0.650. The zero-order valence-corrected chi connectivity index (χ0v) is 10.3. The molecule has 0 aliphatic carbocycles. The Morgan fingerprint density at radius 3 is 2.31 bits per heavy atom. The number of piperidine rings is 1. The lowest BCUT2D eigenvalue weighted by atomic mass is 9.99. The lowest BCUT2D eigenvalue weighted by Crippen LogP contribution is -2.43. The van der Waals surface area contributed by atoms with E-state index in [-0.39, 0.29) is 11.8 Å². The van der Waals surface area contributed by atoms with Gasteiger partial charge in [-0.2, -0.15) is 0 Å². The monoisotopic (exact) mass is 226 g/mol. The first kappa shape index (κ1) is 13.2. The Morgan fingerprint density at radius 1 is 1.31 bits per heavy atom. The molecule has 0 unspecified atom stereocenters. The highest BCUT2D eigenvalue weighted by atomic mass is 16.2. The normalized spacial score (nSPS) is 18.4. The van der Waals surface area contributed by atoms with Crippen LogP contribution in [0.3, 0.4) is 0 Å². The Hall–Kier alpha value is -0.900. The van der Waals surface area contributed by atoms with Crippen molar-refractivity contribution in [2.24, 2.45) is 5.92 Å². The smallest absolute Gasteiger partial charge is 0.236 e. The minimum Gasteiger partial charge on any atom is -0.342 e. The number of amides is 1. The highest BCUT2D eigenvalue weighted by Crippen LogP contribution is 2.14. The highest BCUT2D eigenvalue weighted by molar-refractivity contribution is 5.78. The molecule has 0 atom stereocenters. The zero-order valence-electron chi connectivity index (χ0n) is 10.3. The van der Waals surface area contributed by atoms with Crippen LogP contribution >= 0.6 is 0 Å². The van der Waals surface area contributed by atoms with Crippen molar-refractivity contribution in [2.45, 2.75) is 26.7 Å². The Morgan fingerprint density at radius 2 is 1.88 bits per heavy atom. The number of hydrogen-bond acceptors (Lipinski definition) is 3. The van der Waals surface area contributed by atoms with Crippen molar-refractivity contribution in [1.82, 2.24) is 9.80 Å². The molecule has 0 radical (unpaired) electrons. The Kier molecular flexibility index (Phi) is 5.46. The third-order valence-corrected chi connectivity index (χ3v) is 3.30. The fourth-order valence-corrected chi connectivity index (χ4v) is 2.11. The summed E-state index contributed by atoms with van der Waals surface area (Å²) in [6, 6.07) is 0. The molecule has 0 aromatic rings. The highest BCUT2D eigenvalue weighted by Gasteiger charge is 2.21. The fraction of sp³-hybridized carbons (Fsp3) is 0.833. The zero-order chi connectivity index (χ0) is 12.0. The van der Waals surface area contributed by atoms with Gasteiger partial charge in [-0.25, -0.2) is 0 Å². The number of aldehydes is 1. The maximum absolute atomic E-state index is 11.8. The van der Waals surface area contributed by atoms with Gasteiger partial charge in [-0.05, 0) is 39.8 Å². The van der Waals surface area contributed by atoms with Gasteiger partial charge < -0.3 is 9.69 Å². The molecule has 92 valence electrons. The molecule has 4 heteroatoms. The fourth-order valence-electron chi connectivity index (χ4n) is 2.11. The molecule has 0 spiro atoms. The number of likely N-dealkylation sites (tertiary alicyclic amines) is 1. The second-order valence-electron chi connectivity index (χ2n) is 4.32. The van der Waals surface area contributed by atoms with Crippen molar-refractivity contribution in [2.75, 3.05) is 32.7 Å². The first-order valence-electron chi connectivity index (χ1n) is 6.16. The summed E-state index contributed by atoms with van der Waals surface area (Å²) >= 11 is 0. The van der Waals surface area contributed by atoms with E-state index >= 15 is 0 Å². The molecule has 1 aliphatic rings. The number of likely N-dealkylation sites (N-methyl/N-ethyl adjacent to an activating group) is 1. The minimum absolute atomic E-state index is 0.203. The minimum atomic E-state index is 0.203. The molecule has 0 N–H and O–H groups in total. The number of nitrogens with zero attached hydrogens (tertiary/aromatic N) is 2. The van der Waals surface area contributed by atoms with Crippen molar-refractivity contribution >= 4 is 12.2 Å². The first-order valence-corrected chi connectivity index (χ1v) is 6.16. The van der Waals surface area contributed by atoms with Gasteiger partial charge in [0.1, 0.15) is 6.29 Å². The maximum Gasteiger partial charge on any atom is 0.236 e. The number of rotatable bonds is 5. The van der Waals surface area contributed by atoms with Crippen molar-refractivity contribution in [3.8, 4) is 0 Å². The molecule has 0 saturated carbocycles. The van der Waals surface area contributed by atoms with Crippen molar-refractivity contribution in [3.05, 3.63) is 0 Å². The van der Waals surface area contributed by atoms with Gasteiger partial charge >= 0.3 is 0 Å². The van der Waals surface area contributed by atoms with Crippen LogP contribution in [0, 0.1) is 5.92 Å². The summed E-state index contributed by atoms with van der Waals surface area (Å²) in [7, 11) is 0. The van der Waals surface area contributed by atoms with Gasteiger partial charge in [0.25, 0.3) is 0 Å². The second kappa shape index (κ2) is 6.63. The number of carbonyl (C=O) groups excluding carboxylic acids is 2. The lowest BCUT2D eigenvalue weighted by molar-refractivity contribution is -0.132. The van der Waals surface area contributed by atoms with Gasteiger partial charge in [-0.15, -0.1) is 0 Å². The summed E-state index contributed by atoms with van der Waals surface area (Å²) in [6.45, 7) is 7.81. The second-order valence-corrected chi connectivity index (χ2v) is 4.32. The van der Waals surface area contributed by atoms with Crippen molar-refractivity contribution in [1.29, 1.82) is 0 Å². The molecule has 4 nitrogen and oxygen atoms in total. The molecule has 16 heavy (non-hydrogen) atoms. The number of carbonyl (C=O) groups is 2. The summed E-state index contributed by atoms with van der Waals surface area (Å²) in [6.07, 6.45) is 2.84. The topological polar surface area (TPSA) is 40.6 Å². The van der Waals surface area contributed by atoms with E-state index in [0.29, 0.717) is 6.54 Å². The van der Waals surface area contributed by atoms with Crippen LogP contribution in [-0.4, -0.2) is 54.7 Å². The molecule has 1 aliphatic heterocycles. The maximum atomic E-state index is 11.8. The third kappa shape index (κ3) is 3.59. The molecular formula is C12H22N2O2. The molecule has 0 bridgehead atoms. The van der Waals surface area contributed by atoms with Crippen LogP contribution < -0.4 is 0 Å². The van der Waals surface area contributed by atoms with E-state index in [2.05, 4.69) is 4.90 Å². The van der Waals surface area contributed by atoms with Crippen LogP contribution in [-0.2, 0) is 9.59 Å². The van der Waals surface area contributed by atoms with Crippen LogP contribution in [0.5, 0.6) is 0 Å². The average Bonchev–Trinajstić information content (AvgIpc) is 2.31. The van der Waals surface area contributed by atoms with Crippen LogP contribution in [0.25, 0.3) is 0 Å². The standard InChI is InChI=1S/C12H22N2O2/c1-3-14(4-2)12(16)9-13-7-5-11(10-15)6-8-13/h10-11H,3-9H2,1-2H3. The molecule has 1 rings (SSSR count). The van der Waals surface area contributed by atoms with Crippen molar-refractivity contribution < 1.29 is 9.59 Å². The van der Waals surface area contributed by atoms with Gasteiger partial charge in [0.15, 0.2) is 0 Å². The van der Waals surface area contributed by atoms with E-state index in [9.17, 15) is 9.59 Å². The Bertz CT molecular complexity index is 231. The average molecular weight is 226 g/mol. The summed E-state index contributed by atoms with van der Waals surface area (Å²) in [5.74, 6) is 0.411. The van der Waals surface area contributed by atoms with Crippen LogP contribution in [0.4, 0.5) is 0 Å². The molecule has 1 fully saturated rings. The van der Waals surface area contributed by atoms with E-state index in [4.69, 9.17) is 0 Å². The first-order chi connectivity index (χ1) is 7.71. The molecule has 1 amide bonds. The van der Waals surface area contributed by atoms with E-state index in [1.165, 1.54) is 0 Å². The molecular weight excluding hydrogens is 204 g/mol. The summed E-state index contributed by atoms with van der Waals surface area (Å²) in [5, 5.41) is 0. The van der Waals surface area contributed by atoms with E-state index in [1.54, 1.807) is 0 Å².